The Labute approximate surface area is 119 Å². The second kappa shape index (κ2) is 8.05. The van der Waals surface area contributed by atoms with E-state index < -0.39 is 0 Å². The van der Waals surface area contributed by atoms with Crippen LogP contribution in [0.25, 0.3) is 0 Å². The average Bonchev–Trinajstić information content (AvgIpc) is 2.45. The summed E-state index contributed by atoms with van der Waals surface area (Å²) in [4.78, 5) is 11.7. The Hall–Kier alpha value is -2.22. The van der Waals surface area contributed by atoms with E-state index in [1.54, 1.807) is 18.2 Å². The summed E-state index contributed by atoms with van der Waals surface area (Å²) in [7, 11) is 1.49. The van der Waals surface area contributed by atoms with E-state index >= 15 is 0 Å². The monoisotopic (exact) mass is 276 g/mol. The van der Waals surface area contributed by atoms with Crippen molar-refractivity contribution >= 4 is 5.91 Å². The molecule has 0 unspecified atom stereocenters. The summed E-state index contributed by atoms with van der Waals surface area (Å²) in [5.74, 6) is 0.723. The highest BCUT2D eigenvalue weighted by Crippen LogP contribution is 2.27. The van der Waals surface area contributed by atoms with Crippen LogP contribution in [0.5, 0.6) is 11.5 Å². The van der Waals surface area contributed by atoms with Gasteiger partial charge in [-0.3, -0.25) is 4.79 Å². The lowest BCUT2D eigenvalue weighted by molar-refractivity contribution is -0.123. The van der Waals surface area contributed by atoms with Crippen LogP contribution in [0.3, 0.4) is 0 Å². The SMILES string of the molecule is CCC[C@@H](C)NC(=O)COc1ccc(C#N)cc1OC. The highest BCUT2D eigenvalue weighted by Gasteiger charge is 2.10. The first-order valence-electron chi connectivity index (χ1n) is 6.61. The van der Waals surface area contributed by atoms with Gasteiger partial charge in [0.2, 0.25) is 0 Å². The van der Waals surface area contributed by atoms with Gasteiger partial charge < -0.3 is 14.8 Å². The zero-order valence-electron chi connectivity index (χ0n) is 12.1. The maximum Gasteiger partial charge on any atom is 0.258 e. The molecule has 1 aromatic carbocycles. The minimum atomic E-state index is -0.169. The maximum atomic E-state index is 11.7. The number of nitrogens with one attached hydrogen (secondary N) is 1. The molecule has 0 saturated carbocycles. The number of carbonyl (C=O) groups is 1. The van der Waals surface area contributed by atoms with Crippen molar-refractivity contribution in [2.45, 2.75) is 32.7 Å². The van der Waals surface area contributed by atoms with Crippen LogP contribution < -0.4 is 14.8 Å². The molecule has 0 aliphatic carbocycles. The van der Waals surface area contributed by atoms with E-state index in [0.717, 1.165) is 12.8 Å². The number of ether oxygens (including phenoxy) is 2. The summed E-state index contributed by atoms with van der Waals surface area (Å²) in [5.41, 5.74) is 0.482. The van der Waals surface area contributed by atoms with E-state index in [9.17, 15) is 4.79 Å². The maximum absolute atomic E-state index is 11.7. The molecule has 0 aromatic heterocycles. The van der Waals surface area contributed by atoms with E-state index in [1.807, 2.05) is 13.0 Å². The summed E-state index contributed by atoms with van der Waals surface area (Å²) in [6, 6.07) is 6.98. The number of nitriles is 1. The number of nitrogens with zero attached hydrogens (tertiary/aromatic N) is 1. The molecule has 0 aliphatic rings. The number of rotatable bonds is 7. The Morgan fingerprint density at radius 1 is 1.45 bits per heavy atom. The third-order valence-corrected chi connectivity index (χ3v) is 2.78. The third-order valence-electron chi connectivity index (χ3n) is 2.78. The van der Waals surface area contributed by atoms with Crippen LogP contribution in [0.15, 0.2) is 18.2 Å². The molecule has 0 heterocycles. The van der Waals surface area contributed by atoms with Crippen molar-refractivity contribution in [1.29, 1.82) is 5.26 Å². The molecule has 0 spiro atoms. The van der Waals surface area contributed by atoms with Crippen molar-refractivity contribution in [3.8, 4) is 17.6 Å². The van der Waals surface area contributed by atoms with Gasteiger partial charge in [0.15, 0.2) is 18.1 Å². The first-order valence-corrected chi connectivity index (χ1v) is 6.61. The summed E-state index contributed by atoms with van der Waals surface area (Å²) in [6.07, 6.45) is 1.96. The molecule has 108 valence electrons. The molecule has 5 nitrogen and oxygen atoms in total. The van der Waals surface area contributed by atoms with E-state index in [4.69, 9.17) is 14.7 Å². The topological polar surface area (TPSA) is 71.3 Å². The number of methoxy groups -OCH3 is 1. The molecule has 0 radical (unpaired) electrons. The van der Waals surface area contributed by atoms with E-state index in [2.05, 4.69) is 12.2 Å². The van der Waals surface area contributed by atoms with Gasteiger partial charge in [-0.2, -0.15) is 5.26 Å². The van der Waals surface area contributed by atoms with Crippen molar-refractivity contribution in [1.82, 2.24) is 5.32 Å². The van der Waals surface area contributed by atoms with Gasteiger partial charge in [0, 0.05) is 12.1 Å². The molecule has 5 heteroatoms. The molecular weight excluding hydrogens is 256 g/mol. The van der Waals surface area contributed by atoms with Crippen LogP contribution in [-0.4, -0.2) is 25.7 Å². The predicted molar refractivity (Wildman–Crippen MR) is 75.7 cm³/mol. The van der Waals surface area contributed by atoms with Crippen LogP contribution in [-0.2, 0) is 4.79 Å². The number of amides is 1. The van der Waals surface area contributed by atoms with E-state index in [-0.39, 0.29) is 18.6 Å². The zero-order chi connectivity index (χ0) is 15.0. The third kappa shape index (κ3) is 4.81. The largest absolute Gasteiger partial charge is 0.493 e. The van der Waals surface area contributed by atoms with Crippen LogP contribution in [0.4, 0.5) is 0 Å². The molecule has 1 atom stereocenters. The Morgan fingerprint density at radius 3 is 2.80 bits per heavy atom. The second-order valence-corrected chi connectivity index (χ2v) is 4.52. The van der Waals surface area contributed by atoms with Gasteiger partial charge in [-0.25, -0.2) is 0 Å². The number of benzene rings is 1. The van der Waals surface area contributed by atoms with Crippen molar-refractivity contribution in [2.24, 2.45) is 0 Å². The number of carbonyl (C=O) groups excluding carboxylic acids is 1. The standard InChI is InChI=1S/C15H20N2O3/c1-4-5-11(2)17-15(18)10-20-13-7-6-12(9-16)8-14(13)19-3/h6-8,11H,4-5,10H2,1-3H3,(H,17,18)/t11-/m1/s1. The molecule has 1 aromatic rings. The quantitative estimate of drug-likeness (QED) is 0.829. The molecule has 20 heavy (non-hydrogen) atoms. The Kier molecular flexibility index (Phi) is 6.38. The first-order chi connectivity index (χ1) is 9.60. The van der Waals surface area contributed by atoms with Crippen LogP contribution in [0, 0.1) is 11.3 Å². The van der Waals surface area contributed by atoms with Gasteiger partial charge in [-0.1, -0.05) is 13.3 Å². The van der Waals surface area contributed by atoms with Crippen molar-refractivity contribution in [3.05, 3.63) is 23.8 Å². The minimum absolute atomic E-state index is 0.0731. The van der Waals surface area contributed by atoms with E-state index in [0.29, 0.717) is 17.1 Å². The molecule has 1 amide bonds. The van der Waals surface area contributed by atoms with Crippen molar-refractivity contribution in [2.75, 3.05) is 13.7 Å². The Bertz CT molecular complexity index is 494. The van der Waals surface area contributed by atoms with Gasteiger partial charge in [0.25, 0.3) is 5.91 Å². The fourth-order valence-electron chi connectivity index (χ4n) is 1.82. The average molecular weight is 276 g/mol. The lowest BCUT2D eigenvalue weighted by atomic mass is 10.2. The molecule has 0 fully saturated rings. The van der Waals surface area contributed by atoms with E-state index in [1.165, 1.54) is 7.11 Å². The minimum Gasteiger partial charge on any atom is -0.493 e. The molecule has 0 aliphatic heterocycles. The van der Waals surface area contributed by atoms with Crippen LogP contribution in [0.1, 0.15) is 32.3 Å². The van der Waals surface area contributed by atoms with Gasteiger partial charge in [-0.05, 0) is 25.5 Å². The van der Waals surface area contributed by atoms with Crippen LogP contribution in [0.2, 0.25) is 0 Å². The normalized spacial score (nSPS) is 11.3. The molecule has 0 saturated heterocycles. The lowest BCUT2D eigenvalue weighted by Gasteiger charge is -2.14. The highest BCUT2D eigenvalue weighted by molar-refractivity contribution is 5.77. The molecular formula is C15H20N2O3. The Balaban J connectivity index is 2.57. The summed E-state index contributed by atoms with van der Waals surface area (Å²) in [6.45, 7) is 3.96. The molecule has 1 N–H and O–H groups in total. The number of hydrogen-bond donors (Lipinski definition) is 1. The fraction of sp³-hybridized carbons (Fsp3) is 0.467. The van der Waals surface area contributed by atoms with Crippen LogP contribution >= 0.6 is 0 Å². The Morgan fingerprint density at radius 2 is 2.20 bits per heavy atom. The zero-order valence-corrected chi connectivity index (χ0v) is 12.1. The van der Waals surface area contributed by atoms with Crippen molar-refractivity contribution < 1.29 is 14.3 Å². The van der Waals surface area contributed by atoms with Gasteiger partial charge in [0.1, 0.15) is 0 Å². The summed E-state index contributed by atoms with van der Waals surface area (Å²) < 4.78 is 10.6. The second-order valence-electron chi connectivity index (χ2n) is 4.52. The summed E-state index contributed by atoms with van der Waals surface area (Å²) >= 11 is 0. The van der Waals surface area contributed by atoms with Gasteiger partial charge in [-0.15, -0.1) is 0 Å². The summed E-state index contributed by atoms with van der Waals surface area (Å²) in [5, 5.41) is 11.7. The predicted octanol–water partition coefficient (Wildman–Crippen LogP) is 2.25. The van der Waals surface area contributed by atoms with Gasteiger partial charge in [0.05, 0.1) is 18.7 Å². The molecule has 1 rings (SSSR count). The fourth-order valence-corrected chi connectivity index (χ4v) is 1.82. The smallest absolute Gasteiger partial charge is 0.258 e. The molecule has 0 bridgehead atoms. The van der Waals surface area contributed by atoms with Gasteiger partial charge >= 0.3 is 0 Å². The number of hydrogen-bond acceptors (Lipinski definition) is 4. The highest BCUT2D eigenvalue weighted by atomic mass is 16.5. The first kappa shape index (κ1) is 15.8. The lowest BCUT2D eigenvalue weighted by Crippen LogP contribution is -2.35. The van der Waals surface area contributed by atoms with Crippen molar-refractivity contribution in [3.63, 3.8) is 0 Å².